The third kappa shape index (κ3) is 6.75. The average Bonchev–Trinajstić information content (AvgIpc) is 3.36. The molecular weight excluding hydrogens is 559 g/mol. The van der Waals surface area contributed by atoms with Crippen molar-refractivity contribution < 1.29 is 37.3 Å². The van der Waals surface area contributed by atoms with Crippen LogP contribution in [0.3, 0.4) is 0 Å². The van der Waals surface area contributed by atoms with Crippen LogP contribution < -0.4 is 9.61 Å². The summed E-state index contributed by atoms with van der Waals surface area (Å²) in [5.41, 5.74) is -4.06. The second-order valence-electron chi connectivity index (χ2n) is 9.57. The molecule has 1 aromatic heterocycles. The lowest BCUT2D eigenvalue weighted by Crippen LogP contribution is -2.41. The van der Waals surface area contributed by atoms with Gasteiger partial charge in [0.05, 0.1) is 0 Å². The average molecular weight is 588 g/mol. The predicted octanol–water partition coefficient (Wildman–Crippen LogP) is 7.67. The largest absolute Gasteiger partial charge is 0.477 e. The van der Waals surface area contributed by atoms with Gasteiger partial charge in [0.2, 0.25) is 0 Å². The van der Waals surface area contributed by atoms with Gasteiger partial charge in [0, 0.05) is 10.3 Å². The molecular formula is C29H28F2NO6PS. The van der Waals surface area contributed by atoms with E-state index in [2.05, 4.69) is 5.09 Å². The highest BCUT2D eigenvalue weighted by Crippen LogP contribution is 2.63. The molecule has 0 aliphatic rings. The first kappa shape index (κ1) is 29.4. The minimum absolute atomic E-state index is 0.0181. The first-order chi connectivity index (χ1) is 19.0. The van der Waals surface area contributed by atoms with Crippen molar-refractivity contribution in [1.29, 1.82) is 0 Å². The van der Waals surface area contributed by atoms with Crippen LogP contribution in [0.15, 0.2) is 84.9 Å². The van der Waals surface area contributed by atoms with Crippen molar-refractivity contribution >= 4 is 40.9 Å². The summed E-state index contributed by atoms with van der Waals surface area (Å²) in [4.78, 5) is 24.5. The van der Waals surface area contributed by atoms with Gasteiger partial charge in [0.15, 0.2) is 0 Å². The number of carbonyl (C=O) groups is 2. The van der Waals surface area contributed by atoms with Crippen molar-refractivity contribution in [2.75, 3.05) is 0 Å². The second kappa shape index (κ2) is 12.3. The molecule has 2 N–H and O–H groups in total. The number of esters is 1. The molecule has 1 heterocycles. The number of hydrogen-bond acceptors (Lipinski definition) is 6. The third-order valence-corrected chi connectivity index (χ3v) is 9.18. The number of benzene rings is 3. The molecule has 0 aliphatic heterocycles. The van der Waals surface area contributed by atoms with Gasteiger partial charge in [-0.3, -0.25) is 9.36 Å². The van der Waals surface area contributed by atoms with Crippen molar-refractivity contribution in [1.82, 2.24) is 5.09 Å². The highest BCUT2D eigenvalue weighted by molar-refractivity contribution is 7.58. The van der Waals surface area contributed by atoms with Crippen LogP contribution in [0, 0.1) is 5.92 Å². The number of aromatic carboxylic acids is 1. The maximum Gasteiger partial charge on any atom is 0.390 e. The molecule has 0 radical (unpaired) electrons. The molecule has 4 aromatic rings. The van der Waals surface area contributed by atoms with Gasteiger partial charge in [0.25, 0.3) is 0 Å². The molecule has 2 atom stereocenters. The van der Waals surface area contributed by atoms with Crippen molar-refractivity contribution in [3.05, 3.63) is 101 Å². The molecule has 0 aliphatic carbocycles. The number of carboxylic acid groups (broad SMARTS) is 1. The van der Waals surface area contributed by atoms with E-state index in [0.29, 0.717) is 10.3 Å². The van der Waals surface area contributed by atoms with Gasteiger partial charge in [-0.1, -0.05) is 68.4 Å². The van der Waals surface area contributed by atoms with E-state index in [9.17, 15) is 19.3 Å². The van der Waals surface area contributed by atoms with Gasteiger partial charge >= 0.3 is 25.1 Å². The van der Waals surface area contributed by atoms with Gasteiger partial charge < -0.3 is 14.4 Å². The number of alkyl halides is 2. The van der Waals surface area contributed by atoms with Gasteiger partial charge in [-0.05, 0) is 53.6 Å². The van der Waals surface area contributed by atoms with Gasteiger partial charge in [0.1, 0.15) is 23.3 Å². The zero-order chi connectivity index (χ0) is 28.9. The summed E-state index contributed by atoms with van der Waals surface area (Å²) in [6.45, 7) is 3.51. The molecule has 40 heavy (non-hydrogen) atoms. The molecule has 1 unspecified atom stereocenters. The normalized spacial score (nSPS) is 14.0. The lowest BCUT2D eigenvalue weighted by Gasteiger charge is -2.31. The van der Waals surface area contributed by atoms with Gasteiger partial charge in [-0.15, -0.1) is 11.3 Å². The monoisotopic (exact) mass is 587 g/mol. The highest BCUT2D eigenvalue weighted by atomic mass is 32.1. The fourth-order valence-electron chi connectivity index (χ4n) is 4.01. The summed E-state index contributed by atoms with van der Waals surface area (Å²) in [6.07, 6.45) is 0.0530. The van der Waals surface area contributed by atoms with E-state index in [0.717, 1.165) is 23.5 Å². The first-order valence-electron chi connectivity index (χ1n) is 12.5. The Morgan fingerprint density at radius 3 is 2.27 bits per heavy atom. The van der Waals surface area contributed by atoms with Crippen molar-refractivity contribution in [3.8, 4) is 5.75 Å². The number of nitrogens with one attached hydrogen (secondary N) is 1. The van der Waals surface area contributed by atoms with Crippen LogP contribution in [-0.2, 0) is 26.4 Å². The Hall–Kier alpha value is -3.59. The Labute approximate surface area is 234 Å². The number of halogens is 2. The number of hydrogen-bond donors (Lipinski definition) is 2. The Bertz CT molecular complexity index is 1530. The van der Waals surface area contributed by atoms with Crippen LogP contribution in [-0.4, -0.2) is 23.1 Å². The number of rotatable bonds is 12. The van der Waals surface area contributed by atoms with E-state index in [-0.39, 0.29) is 35.0 Å². The van der Waals surface area contributed by atoms with Crippen molar-refractivity contribution in [2.45, 2.75) is 38.6 Å². The summed E-state index contributed by atoms with van der Waals surface area (Å²) in [6, 6.07) is 19.8. The molecule has 210 valence electrons. The van der Waals surface area contributed by atoms with Gasteiger partial charge in [-0.25, -0.2) is 9.88 Å². The molecule has 4 rings (SSSR count). The summed E-state index contributed by atoms with van der Waals surface area (Å²) >= 11 is 0.938. The fourth-order valence-corrected chi connectivity index (χ4v) is 6.74. The fraction of sp³-hybridized carbons (Fsp3) is 0.241. The van der Waals surface area contributed by atoms with Crippen LogP contribution >= 0.6 is 18.9 Å². The van der Waals surface area contributed by atoms with Crippen molar-refractivity contribution in [3.63, 3.8) is 0 Å². The van der Waals surface area contributed by atoms with Crippen LogP contribution in [0.4, 0.5) is 8.78 Å². The molecule has 3 aromatic carbocycles. The molecule has 0 fully saturated rings. The highest BCUT2D eigenvalue weighted by Gasteiger charge is 2.56. The van der Waals surface area contributed by atoms with E-state index in [4.69, 9.17) is 9.26 Å². The van der Waals surface area contributed by atoms with Crippen LogP contribution in [0.2, 0.25) is 0 Å². The quantitative estimate of drug-likeness (QED) is 0.130. The third-order valence-electron chi connectivity index (χ3n) is 5.96. The lowest BCUT2D eigenvalue weighted by atomic mass is 10.1. The van der Waals surface area contributed by atoms with Crippen LogP contribution in [0.25, 0.3) is 10.1 Å². The van der Waals surface area contributed by atoms with Gasteiger partial charge in [-0.2, -0.15) is 8.78 Å². The zero-order valence-electron chi connectivity index (χ0n) is 21.8. The molecule has 11 heteroatoms. The zero-order valence-corrected chi connectivity index (χ0v) is 23.5. The molecule has 7 nitrogen and oxygen atoms in total. The minimum atomic E-state index is -5.22. The lowest BCUT2D eigenvalue weighted by molar-refractivity contribution is -0.147. The SMILES string of the molecule is CC(C)C[C@H](NP(=O)(Oc1ccccc1)C(F)(F)c1ccc2sc(C(=O)O)cc2c1)C(=O)OCc1ccccc1. The van der Waals surface area contributed by atoms with E-state index in [1.807, 2.05) is 6.07 Å². The van der Waals surface area contributed by atoms with Crippen LogP contribution in [0.5, 0.6) is 5.75 Å². The Morgan fingerprint density at radius 1 is 1.00 bits per heavy atom. The molecule has 0 saturated carbocycles. The van der Waals surface area contributed by atoms with Crippen molar-refractivity contribution in [2.24, 2.45) is 5.92 Å². The smallest absolute Gasteiger partial charge is 0.390 e. The standard InChI is InChI=1S/C29H28F2NO6PS/c1-19(2)15-24(28(35)37-18-20-9-5-3-6-10-20)32-39(36,38-23-11-7-4-8-12-23)29(30,31)22-13-14-25-21(16-22)17-26(40-25)27(33)34/h3-14,16-17,19,24H,15,18H2,1-2H3,(H,32,36)(H,33,34)/t24-,39?/m0/s1. The summed E-state index contributed by atoms with van der Waals surface area (Å²) in [7, 11) is -5.22. The van der Waals surface area contributed by atoms with Crippen LogP contribution in [0.1, 0.15) is 41.1 Å². The molecule has 0 spiro atoms. The Balaban J connectivity index is 1.70. The Kier molecular flexibility index (Phi) is 9.03. The predicted molar refractivity (Wildman–Crippen MR) is 150 cm³/mol. The topological polar surface area (TPSA) is 102 Å². The second-order valence-corrected chi connectivity index (χ2v) is 12.8. The molecule has 0 bridgehead atoms. The number of carboxylic acids is 1. The summed E-state index contributed by atoms with van der Waals surface area (Å²) < 4.78 is 58.2. The minimum Gasteiger partial charge on any atom is -0.477 e. The maximum atomic E-state index is 16.3. The number of ether oxygens (including phenoxy) is 1. The number of fused-ring (bicyclic) bond motifs is 1. The van der Waals surface area contributed by atoms with E-state index in [1.54, 1.807) is 56.3 Å². The summed E-state index contributed by atoms with van der Waals surface area (Å²) in [5.74, 6) is -2.25. The number of carbonyl (C=O) groups excluding carboxylic acids is 1. The molecule has 0 saturated heterocycles. The Morgan fingerprint density at radius 2 is 1.65 bits per heavy atom. The van der Waals surface area contributed by atoms with E-state index in [1.165, 1.54) is 24.3 Å². The molecule has 0 amide bonds. The maximum absolute atomic E-state index is 16.3. The number of thiophene rings is 1. The van der Waals surface area contributed by atoms with E-state index >= 15 is 8.78 Å². The summed E-state index contributed by atoms with van der Waals surface area (Å²) in [5, 5.41) is 11.9. The van der Waals surface area contributed by atoms with E-state index < -0.39 is 36.7 Å². The number of para-hydroxylation sites is 1. The first-order valence-corrected chi connectivity index (χ1v) is 14.9.